The van der Waals surface area contributed by atoms with Gasteiger partial charge in [-0.25, -0.2) is 13.4 Å². The minimum atomic E-state index is -3.73. The van der Waals surface area contributed by atoms with Crippen molar-refractivity contribution >= 4 is 10.0 Å². The second-order valence-electron chi connectivity index (χ2n) is 4.90. The number of nitrogens with zero attached hydrogens (tertiary/aromatic N) is 1. The van der Waals surface area contributed by atoms with Gasteiger partial charge >= 0.3 is 0 Å². The molecule has 0 spiro atoms. The Balaban J connectivity index is 1.92. The smallest absolute Gasteiger partial charge is 0.258 e. The molecule has 106 valence electrons. The van der Waals surface area contributed by atoms with Crippen LogP contribution < -0.4 is 4.72 Å². The summed E-state index contributed by atoms with van der Waals surface area (Å²) in [7, 11) is -3.73. The standard InChI is InChI=1S/C13H15N3O3S/c1-8-14-7-12(15-8)20(18,19)16-13-10-5-3-2-4-9(10)6-11(13)17/h2-5,7,11,13,16-17H,6H2,1H3,(H,14,15)/t11-,13+/m0/s1. The van der Waals surface area contributed by atoms with Gasteiger partial charge in [0.2, 0.25) is 0 Å². The Kier molecular flexibility index (Phi) is 3.12. The SMILES string of the molecule is Cc1ncc(S(=O)(=O)N[C@@H]2c3ccccc3C[C@@H]2O)[nH]1. The van der Waals surface area contributed by atoms with E-state index >= 15 is 0 Å². The van der Waals surface area contributed by atoms with Gasteiger partial charge in [0.25, 0.3) is 10.0 Å². The molecule has 0 saturated carbocycles. The highest BCUT2D eigenvalue weighted by atomic mass is 32.2. The van der Waals surface area contributed by atoms with Gasteiger partial charge in [0.15, 0.2) is 5.03 Å². The average Bonchev–Trinajstić information content (AvgIpc) is 2.95. The second-order valence-corrected chi connectivity index (χ2v) is 6.58. The van der Waals surface area contributed by atoms with E-state index in [1.54, 1.807) is 6.92 Å². The van der Waals surface area contributed by atoms with E-state index < -0.39 is 22.2 Å². The number of aromatic nitrogens is 2. The summed E-state index contributed by atoms with van der Waals surface area (Å²) in [6.07, 6.45) is 0.960. The molecule has 6 nitrogen and oxygen atoms in total. The van der Waals surface area contributed by atoms with E-state index in [-0.39, 0.29) is 5.03 Å². The summed E-state index contributed by atoms with van der Waals surface area (Å²) in [4.78, 5) is 6.57. The molecule has 0 saturated heterocycles. The van der Waals surface area contributed by atoms with Crippen LogP contribution in [0.4, 0.5) is 0 Å². The maximum atomic E-state index is 12.3. The highest BCUT2D eigenvalue weighted by Gasteiger charge is 2.34. The molecule has 1 aliphatic carbocycles. The molecule has 3 rings (SSSR count). The van der Waals surface area contributed by atoms with Crippen LogP contribution in [-0.4, -0.2) is 29.6 Å². The number of aliphatic hydroxyl groups excluding tert-OH is 1. The van der Waals surface area contributed by atoms with Crippen molar-refractivity contribution in [2.75, 3.05) is 0 Å². The van der Waals surface area contributed by atoms with E-state index in [1.165, 1.54) is 6.20 Å². The summed E-state index contributed by atoms with van der Waals surface area (Å²) in [6, 6.07) is 6.81. The fourth-order valence-corrected chi connectivity index (χ4v) is 3.70. The van der Waals surface area contributed by atoms with Crippen molar-refractivity contribution < 1.29 is 13.5 Å². The van der Waals surface area contributed by atoms with Crippen LogP contribution in [0.5, 0.6) is 0 Å². The molecule has 2 atom stereocenters. The minimum Gasteiger partial charge on any atom is -0.391 e. The normalized spacial score (nSPS) is 21.9. The zero-order valence-electron chi connectivity index (χ0n) is 10.9. The number of rotatable bonds is 3. The van der Waals surface area contributed by atoms with Crippen molar-refractivity contribution in [1.82, 2.24) is 14.7 Å². The fourth-order valence-electron chi connectivity index (χ4n) is 2.48. The zero-order chi connectivity index (χ0) is 14.3. The Morgan fingerprint density at radius 3 is 2.85 bits per heavy atom. The van der Waals surface area contributed by atoms with Gasteiger partial charge in [-0.1, -0.05) is 24.3 Å². The topological polar surface area (TPSA) is 95.1 Å². The third kappa shape index (κ3) is 2.24. The van der Waals surface area contributed by atoms with Crippen molar-refractivity contribution in [2.24, 2.45) is 0 Å². The van der Waals surface area contributed by atoms with Crippen molar-refractivity contribution in [2.45, 2.75) is 30.5 Å². The van der Waals surface area contributed by atoms with Crippen LogP contribution in [-0.2, 0) is 16.4 Å². The number of nitrogens with one attached hydrogen (secondary N) is 2. The predicted octanol–water partition coefficient (Wildman–Crippen LogP) is 0.655. The Labute approximate surface area is 116 Å². The molecule has 0 unspecified atom stereocenters. The van der Waals surface area contributed by atoms with Crippen LogP contribution in [0, 0.1) is 6.92 Å². The summed E-state index contributed by atoms with van der Waals surface area (Å²) < 4.78 is 27.1. The maximum Gasteiger partial charge on any atom is 0.258 e. The molecule has 7 heteroatoms. The van der Waals surface area contributed by atoms with Crippen LogP contribution in [0.2, 0.25) is 0 Å². The first-order valence-corrected chi connectivity index (χ1v) is 7.75. The summed E-state index contributed by atoms with van der Waals surface area (Å²) >= 11 is 0. The average molecular weight is 293 g/mol. The first-order valence-electron chi connectivity index (χ1n) is 6.27. The number of H-pyrrole nitrogens is 1. The maximum absolute atomic E-state index is 12.3. The molecule has 20 heavy (non-hydrogen) atoms. The van der Waals surface area contributed by atoms with Gasteiger partial charge in [-0.2, -0.15) is 4.72 Å². The van der Waals surface area contributed by atoms with E-state index in [9.17, 15) is 13.5 Å². The first-order chi connectivity index (χ1) is 9.47. The number of benzene rings is 1. The van der Waals surface area contributed by atoms with Gasteiger partial charge in [-0.3, -0.25) is 0 Å². The van der Waals surface area contributed by atoms with Gasteiger partial charge in [-0.05, 0) is 18.1 Å². The minimum absolute atomic E-state index is 0.00609. The highest BCUT2D eigenvalue weighted by Crippen LogP contribution is 2.32. The molecule has 0 radical (unpaired) electrons. The van der Waals surface area contributed by atoms with Gasteiger partial charge in [0.05, 0.1) is 18.3 Å². The van der Waals surface area contributed by atoms with Crippen LogP contribution in [0.15, 0.2) is 35.5 Å². The Hall–Kier alpha value is -1.70. The molecule has 1 heterocycles. The van der Waals surface area contributed by atoms with E-state index in [2.05, 4.69) is 14.7 Å². The van der Waals surface area contributed by atoms with E-state index in [4.69, 9.17) is 0 Å². The number of imidazole rings is 1. The lowest BCUT2D eigenvalue weighted by molar-refractivity contribution is 0.151. The molecule has 0 amide bonds. The zero-order valence-corrected chi connectivity index (χ0v) is 11.7. The lowest BCUT2D eigenvalue weighted by Crippen LogP contribution is -2.34. The second kappa shape index (κ2) is 4.69. The van der Waals surface area contributed by atoms with Crippen LogP contribution in [0.25, 0.3) is 0 Å². The molecule has 2 aromatic rings. The molecule has 1 aliphatic rings. The van der Waals surface area contributed by atoms with Gasteiger partial charge in [0.1, 0.15) is 5.82 Å². The predicted molar refractivity (Wildman–Crippen MR) is 72.5 cm³/mol. The van der Waals surface area contributed by atoms with Crippen LogP contribution in [0.3, 0.4) is 0 Å². The molecular formula is C13H15N3O3S. The summed E-state index contributed by atoms with van der Waals surface area (Å²) in [5.41, 5.74) is 1.79. The molecular weight excluding hydrogens is 278 g/mol. The number of hydrogen-bond acceptors (Lipinski definition) is 4. The number of hydrogen-bond donors (Lipinski definition) is 3. The highest BCUT2D eigenvalue weighted by molar-refractivity contribution is 7.89. The van der Waals surface area contributed by atoms with Crippen molar-refractivity contribution in [3.63, 3.8) is 0 Å². The van der Waals surface area contributed by atoms with E-state index in [1.807, 2.05) is 24.3 Å². The first kappa shape index (κ1) is 13.3. The number of sulfonamides is 1. The van der Waals surface area contributed by atoms with Gasteiger partial charge in [-0.15, -0.1) is 0 Å². The lowest BCUT2D eigenvalue weighted by Gasteiger charge is -2.17. The van der Waals surface area contributed by atoms with Gasteiger partial charge < -0.3 is 10.1 Å². The molecule has 0 aliphatic heterocycles. The lowest BCUT2D eigenvalue weighted by atomic mass is 10.1. The van der Waals surface area contributed by atoms with Crippen molar-refractivity contribution in [1.29, 1.82) is 0 Å². The summed E-state index contributed by atoms with van der Waals surface area (Å²) in [6.45, 7) is 1.68. The van der Waals surface area contributed by atoms with Crippen LogP contribution in [0.1, 0.15) is 23.0 Å². The van der Waals surface area contributed by atoms with E-state index in [0.717, 1.165) is 11.1 Å². The fraction of sp³-hybridized carbons (Fsp3) is 0.308. The number of aromatic amines is 1. The quantitative estimate of drug-likeness (QED) is 0.774. The monoisotopic (exact) mass is 293 g/mol. The van der Waals surface area contributed by atoms with Crippen molar-refractivity contribution in [3.8, 4) is 0 Å². The molecule has 0 fully saturated rings. The molecule has 1 aromatic heterocycles. The number of fused-ring (bicyclic) bond motifs is 1. The number of aryl methyl sites for hydroxylation is 1. The summed E-state index contributed by atoms with van der Waals surface area (Å²) in [5.74, 6) is 0.526. The Morgan fingerprint density at radius 2 is 2.15 bits per heavy atom. The molecule has 3 N–H and O–H groups in total. The molecule has 1 aromatic carbocycles. The molecule has 0 bridgehead atoms. The van der Waals surface area contributed by atoms with Crippen LogP contribution >= 0.6 is 0 Å². The number of aliphatic hydroxyl groups is 1. The van der Waals surface area contributed by atoms with Gasteiger partial charge in [0, 0.05) is 6.42 Å². The Bertz CT molecular complexity index is 739. The van der Waals surface area contributed by atoms with Crippen molar-refractivity contribution in [3.05, 3.63) is 47.4 Å². The third-order valence-electron chi connectivity index (χ3n) is 3.46. The summed E-state index contributed by atoms with van der Waals surface area (Å²) in [5, 5.41) is 10.1. The third-order valence-corrected chi connectivity index (χ3v) is 4.81. The largest absolute Gasteiger partial charge is 0.391 e. The Morgan fingerprint density at radius 1 is 1.40 bits per heavy atom. The van der Waals surface area contributed by atoms with E-state index in [0.29, 0.717) is 12.2 Å².